The second-order valence-corrected chi connectivity index (χ2v) is 5.83. The molecule has 0 bridgehead atoms. The predicted octanol–water partition coefficient (Wildman–Crippen LogP) is 2.61. The number of anilines is 1. The van der Waals surface area contributed by atoms with Crippen LogP contribution in [0.4, 0.5) is 10.5 Å². The third-order valence-electron chi connectivity index (χ3n) is 2.77. The van der Waals surface area contributed by atoms with Crippen molar-refractivity contribution in [1.29, 1.82) is 5.41 Å². The van der Waals surface area contributed by atoms with Gasteiger partial charge in [0.15, 0.2) is 0 Å². The Hall–Kier alpha value is -2.28. The molecule has 0 saturated heterocycles. The van der Waals surface area contributed by atoms with Crippen LogP contribution in [0.3, 0.4) is 0 Å². The molecule has 1 aromatic rings. The number of hydrogen-bond donors (Lipinski definition) is 3. The van der Waals surface area contributed by atoms with E-state index in [1.165, 1.54) is 13.0 Å². The molecule has 0 radical (unpaired) electrons. The van der Waals surface area contributed by atoms with Gasteiger partial charge in [-0.05, 0) is 39.8 Å². The van der Waals surface area contributed by atoms with Gasteiger partial charge in [-0.25, -0.2) is 9.59 Å². The van der Waals surface area contributed by atoms with Gasteiger partial charge in [0.05, 0.1) is 0 Å². The average molecular weight is 344 g/mol. The summed E-state index contributed by atoms with van der Waals surface area (Å²) in [6, 6.07) is 5.11. The number of rotatable bonds is 4. The van der Waals surface area contributed by atoms with Crippen LogP contribution in [0, 0.1) is 5.41 Å². The van der Waals surface area contributed by atoms with Crippen molar-refractivity contribution in [3.05, 3.63) is 29.8 Å². The molecule has 1 atom stereocenters. The van der Waals surface area contributed by atoms with Crippen LogP contribution >= 0.6 is 12.4 Å². The molecule has 0 heterocycles. The van der Waals surface area contributed by atoms with Gasteiger partial charge in [-0.3, -0.25) is 10.3 Å². The Bertz CT molecular complexity index is 599. The van der Waals surface area contributed by atoms with Gasteiger partial charge in [0.25, 0.3) is 0 Å². The first-order valence-corrected chi connectivity index (χ1v) is 6.72. The zero-order chi connectivity index (χ0) is 17.1. The number of carboxylic acid groups (broad SMARTS) is 1. The minimum absolute atomic E-state index is 0. The number of nitrogen functional groups attached to an aromatic ring is 1. The molecule has 0 aliphatic carbocycles. The zero-order valence-electron chi connectivity index (χ0n) is 13.5. The monoisotopic (exact) mass is 343 g/mol. The van der Waals surface area contributed by atoms with Crippen molar-refractivity contribution in [2.75, 3.05) is 4.90 Å². The van der Waals surface area contributed by atoms with Crippen LogP contribution < -0.4 is 10.6 Å². The Balaban J connectivity index is 0.00000484. The first kappa shape index (κ1) is 20.7. The first-order valence-electron chi connectivity index (χ1n) is 6.72. The number of nitrogens with zero attached hydrogens (tertiary/aromatic N) is 1. The Morgan fingerprint density at radius 3 is 2.35 bits per heavy atom. The van der Waals surface area contributed by atoms with Crippen molar-refractivity contribution in [3.63, 3.8) is 0 Å². The number of carboxylic acids is 1. The molecule has 0 fully saturated rings. The Kier molecular flexibility index (Phi) is 7.05. The lowest BCUT2D eigenvalue weighted by atomic mass is 10.1. The van der Waals surface area contributed by atoms with Crippen LogP contribution in [0.5, 0.6) is 0 Å². The summed E-state index contributed by atoms with van der Waals surface area (Å²) in [6.07, 6.45) is -0.775. The number of aliphatic carboxylic acids is 1. The molecule has 1 amide bonds. The molecule has 0 aliphatic rings. The van der Waals surface area contributed by atoms with Crippen molar-refractivity contribution >= 4 is 36.0 Å². The summed E-state index contributed by atoms with van der Waals surface area (Å²) >= 11 is 0. The number of hydrogen-bond acceptors (Lipinski definition) is 4. The molecule has 1 aromatic carbocycles. The Morgan fingerprint density at radius 2 is 1.91 bits per heavy atom. The number of carbonyl (C=O) groups excluding carboxylic acids is 1. The van der Waals surface area contributed by atoms with E-state index in [0.717, 1.165) is 4.90 Å². The number of amides is 1. The van der Waals surface area contributed by atoms with E-state index < -0.39 is 23.7 Å². The quantitative estimate of drug-likeness (QED) is 0.573. The summed E-state index contributed by atoms with van der Waals surface area (Å²) in [5, 5.41) is 16.7. The third kappa shape index (κ3) is 5.78. The molecule has 0 aliphatic heterocycles. The zero-order valence-corrected chi connectivity index (χ0v) is 14.3. The van der Waals surface area contributed by atoms with Gasteiger partial charge in [0.1, 0.15) is 17.5 Å². The topological polar surface area (TPSA) is 117 Å². The van der Waals surface area contributed by atoms with Crippen LogP contribution in [0.25, 0.3) is 0 Å². The molecule has 128 valence electrons. The molecule has 8 heteroatoms. The summed E-state index contributed by atoms with van der Waals surface area (Å²) in [6.45, 7) is 6.47. The second kappa shape index (κ2) is 7.82. The highest BCUT2D eigenvalue weighted by atomic mass is 35.5. The molecule has 1 unspecified atom stereocenters. The molecule has 0 spiro atoms. The highest BCUT2D eigenvalue weighted by Crippen LogP contribution is 2.22. The molecular weight excluding hydrogens is 322 g/mol. The SMILES string of the molecule is CC(C(=O)O)N(C(=O)OC(C)(C)C)c1cccc(C(=N)N)c1.Cl. The van der Waals surface area contributed by atoms with E-state index in [0.29, 0.717) is 11.3 Å². The molecule has 23 heavy (non-hydrogen) atoms. The van der Waals surface area contributed by atoms with Crippen molar-refractivity contribution in [1.82, 2.24) is 0 Å². The van der Waals surface area contributed by atoms with Crippen LogP contribution in [-0.2, 0) is 9.53 Å². The van der Waals surface area contributed by atoms with Gasteiger partial charge in [0.2, 0.25) is 0 Å². The van der Waals surface area contributed by atoms with Crippen LogP contribution in [0.2, 0.25) is 0 Å². The lowest BCUT2D eigenvalue weighted by molar-refractivity contribution is -0.138. The maximum absolute atomic E-state index is 12.3. The van der Waals surface area contributed by atoms with E-state index in [2.05, 4.69) is 0 Å². The van der Waals surface area contributed by atoms with E-state index >= 15 is 0 Å². The molecular formula is C15H22ClN3O4. The lowest BCUT2D eigenvalue weighted by Gasteiger charge is -2.30. The van der Waals surface area contributed by atoms with Crippen molar-refractivity contribution in [3.8, 4) is 0 Å². The molecule has 4 N–H and O–H groups in total. The van der Waals surface area contributed by atoms with Crippen molar-refractivity contribution in [2.24, 2.45) is 5.73 Å². The van der Waals surface area contributed by atoms with E-state index in [4.69, 9.17) is 15.9 Å². The Labute approximate surface area is 141 Å². The summed E-state index contributed by atoms with van der Waals surface area (Å²) in [5.74, 6) is -1.34. The first-order chi connectivity index (χ1) is 10.0. The molecule has 1 rings (SSSR count). The standard InChI is InChI=1S/C15H21N3O4.ClH/c1-9(13(19)20)18(14(21)22-15(2,3)4)11-7-5-6-10(8-11)12(16)17;/h5-9H,1-4H3,(H3,16,17)(H,19,20);1H. The van der Waals surface area contributed by atoms with Gasteiger partial charge in [-0.2, -0.15) is 0 Å². The number of benzene rings is 1. The number of ether oxygens (including phenoxy) is 1. The minimum Gasteiger partial charge on any atom is -0.480 e. The van der Waals surface area contributed by atoms with Gasteiger partial charge >= 0.3 is 12.1 Å². The van der Waals surface area contributed by atoms with E-state index in [1.54, 1.807) is 39.0 Å². The molecule has 0 aromatic heterocycles. The normalized spacial score (nSPS) is 11.8. The fourth-order valence-corrected chi connectivity index (χ4v) is 1.73. The molecule has 7 nitrogen and oxygen atoms in total. The van der Waals surface area contributed by atoms with Gasteiger partial charge in [0, 0.05) is 11.3 Å². The minimum atomic E-state index is -1.17. The average Bonchev–Trinajstić information content (AvgIpc) is 2.36. The summed E-state index contributed by atoms with van der Waals surface area (Å²) in [5.41, 5.74) is 5.37. The van der Waals surface area contributed by atoms with E-state index in [-0.39, 0.29) is 18.2 Å². The number of halogens is 1. The van der Waals surface area contributed by atoms with Gasteiger partial charge < -0.3 is 15.6 Å². The smallest absolute Gasteiger partial charge is 0.415 e. The predicted molar refractivity (Wildman–Crippen MR) is 90.5 cm³/mol. The van der Waals surface area contributed by atoms with Gasteiger partial charge in [-0.15, -0.1) is 12.4 Å². The maximum atomic E-state index is 12.3. The third-order valence-corrected chi connectivity index (χ3v) is 2.77. The summed E-state index contributed by atoms with van der Waals surface area (Å²) in [4.78, 5) is 24.7. The van der Waals surface area contributed by atoms with Crippen LogP contribution in [-0.4, -0.2) is 34.6 Å². The van der Waals surface area contributed by atoms with Crippen molar-refractivity contribution < 1.29 is 19.4 Å². The number of carbonyl (C=O) groups is 2. The summed E-state index contributed by atoms with van der Waals surface area (Å²) < 4.78 is 5.26. The highest BCUT2D eigenvalue weighted by molar-refractivity contribution is 5.99. The summed E-state index contributed by atoms with van der Waals surface area (Å²) in [7, 11) is 0. The molecule has 0 saturated carbocycles. The number of amidine groups is 1. The largest absolute Gasteiger partial charge is 0.480 e. The fourth-order valence-electron chi connectivity index (χ4n) is 1.73. The Morgan fingerprint density at radius 1 is 1.35 bits per heavy atom. The number of nitrogens with two attached hydrogens (primary N) is 1. The second-order valence-electron chi connectivity index (χ2n) is 5.83. The van der Waals surface area contributed by atoms with E-state index in [1.807, 2.05) is 0 Å². The lowest BCUT2D eigenvalue weighted by Crippen LogP contribution is -2.46. The van der Waals surface area contributed by atoms with E-state index in [9.17, 15) is 14.7 Å². The van der Waals surface area contributed by atoms with Crippen LogP contribution in [0.15, 0.2) is 24.3 Å². The number of nitrogens with one attached hydrogen (secondary N) is 1. The highest BCUT2D eigenvalue weighted by Gasteiger charge is 2.31. The maximum Gasteiger partial charge on any atom is 0.415 e. The van der Waals surface area contributed by atoms with Crippen LogP contribution in [0.1, 0.15) is 33.3 Å². The van der Waals surface area contributed by atoms with Crippen molar-refractivity contribution in [2.45, 2.75) is 39.3 Å². The fraction of sp³-hybridized carbons (Fsp3) is 0.400. The van der Waals surface area contributed by atoms with Gasteiger partial charge in [-0.1, -0.05) is 12.1 Å².